The highest BCUT2D eigenvalue weighted by Gasteiger charge is 2.30. The lowest BCUT2D eigenvalue weighted by atomic mass is 9.98. The van der Waals surface area contributed by atoms with Crippen LogP contribution in [-0.2, 0) is 14.3 Å². The third-order valence-electron chi connectivity index (χ3n) is 5.54. The van der Waals surface area contributed by atoms with Gasteiger partial charge < -0.3 is 25.6 Å². The largest absolute Gasteiger partial charge is 0.479 e. The molecule has 8 nitrogen and oxygen atoms in total. The number of aliphatic hydroxyl groups excluding tert-OH is 1. The lowest BCUT2D eigenvalue weighted by molar-refractivity contribution is -0.146. The molecule has 0 fully saturated rings. The van der Waals surface area contributed by atoms with Crippen molar-refractivity contribution in [1.29, 1.82) is 0 Å². The SMILES string of the molecule is CC(C)(CCC(=O)NCC(O)C(=O)O)NC(=O)OCC1c2ccccc2-c2ccccc21. The Hall–Kier alpha value is -3.39. The topological polar surface area (TPSA) is 125 Å². The second kappa shape index (κ2) is 9.82. The van der Waals surface area contributed by atoms with Gasteiger partial charge in [0.25, 0.3) is 0 Å². The van der Waals surface area contributed by atoms with Crippen molar-refractivity contribution >= 4 is 18.0 Å². The quantitative estimate of drug-likeness (QED) is 0.475. The molecule has 0 bridgehead atoms. The summed E-state index contributed by atoms with van der Waals surface area (Å²) in [6.07, 6.45) is -1.85. The summed E-state index contributed by atoms with van der Waals surface area (Å²) < 4.78 is 5.54. The number of aliphatic carboxylic acids is 1. The summed E-state index contributed by atoms with van der Waals surface area (Å²) >= 11 is 0. The maximum atomic E-state index is 12.4. The molecule has 1 aliphatic rings. The molecule has 4 N–H and O–H groups in total. The smallest absolute Gasteiger partial charge is 0.407 e. The zero-order valence-corrected chi connectivity index (χ0v) is 18.1. The molecule has 0 aliphatic heterocycles. The van der Waals surface area contributed by atoms with E-state index >= 15 is 0 Å². The zero-order valence-electron chi connectivity index (χ0n) is 18.1. The predicted octanol–water partition coefficient (Wildman–Crippen LogP) is 2.65. The monoisotopic (exact) mass is 440 g/mol. The lowest BCUT2D eigenvalue weighted by Crippen LogP contribution is -2.45. The summed E-state index contributed by atoms with van der Waals surface area (Å²) in [7, 11) is 0. The third-order valence-corrected chi connectivity index (χ3v) is 5.54. The van der Waals surface area contributed by atoms with Crippen LogP contribution < -0.4 is 10.6 Å². The minimum absolute atomic E-state index is 0.0392. The van der Waals surface area contributed by atoms with E-state index in [0.29, 0.717) is 6.42 Å². The Morgan fingerprint density at radius 3 is 2.16 bits per heavy atom. The summed E-state index contributed by atoms with van der Waals surface area (Å²) in [6, 6.07) is 16.2. The van der Waals surface area contributed by atoms with E-state index in [1.54, 1.807) is 13.8 Å². The van der Waals surface area contributed by atoms with Gasteiger partial charge in [0.15, 0.2) is 6.10 Å². The first-order valence-corrected chi connectivity index (χ1v) is 10.5. The summed E-state index contributed by atoms with van der Waals surface area (Å²) in [4.78, 5) is 34.9. The van der Waals surface area contributed by atoms with E-state index in [1.165, 1.54) is 0 Å². The van der Waals surface area contributed by atoms with Crippen LogP contribution >= 0.6 is 0 Å². The molecular weight excluding hydrogens is 412 g/mol. The molecule has 0 saturated heterocycles. The van der Waals surface area contributed by atoms with E-state index in [9.17, 15) is 19.5 Å². The first-order chi connectivity index (χ1) is 15.2. The first-order valence-electron chi connectivity index (χ1n) is 10.5. The van der Waals surface area contributed by atoms with Crippen LogP contribution in [-0.4, -0.2) is 53.0 Å². The van der Waals surface area contributed by atoms with Crippen molar-refractivity contribution in [2.45, 2.75) is 44.2 Å². The molecule has 0 saturated carbocycles. The van der Waals surface area contributed by atoms with Gasteiger partial charge >= 0.3 is 12.1 Å². The van der Waals surface area contributed by atoms with Gasteiger partial charge in [-0.2, -0.15) is 0 Å². The van der Waals surface area contributed by atoms with Crippen molar-refractivity contribution in [2.24, 2.45) is 0 Å². The minimum atomic E-state index is -1.65. The molecule has 1 unspecified atom stereocenters. The normalized spacial score (nSPS) is 13.6. The molecular formula is C24H28N2O6. The van der Waals surface area contributed by atoms with Gasteiger partial charge in [-0.1, -0.05) is 48.5 Å². The van der Waals surface area contributed by atoms with Crippen molar-refractivity contribution in [3.63, 3.8) is 0 Å². The van der Waals surface area contributed by atoms with Gasteiger partial charge in [-0.3, -0.25) is 4.79 Å². The highest BCUT2D eigenvalue weighted by Crippen LogP contribution is 2.44. The van der Waals surface area contributed by atoms with Crippen LogP contribution in [0.25, 0.3) is 11.1 Å². The number of alkyl carbamates (subject to hydrolysis) is 1. The third kappa shape index (κ3) is 5.64. The molecule has 0 aromatic heterocycles. The van der Waals surface area contributed by atoms with Gasteiger partial charge in [0.2, 0.25) is 5.91 Å². The van der Waals surface area contributed by atoms with E-state index in [1.807, 2.05) is 36.4 Å². The second-order valence-electron chi connectivity index (χ2n) is 8.49. The maximum absolute atomic E-state index is 12.4. The molecule has 8 heteroatoms. The highest BCUT2D eigenvalue weighted by atomic mass is 16.5. The molecule has 3 rings (SSSR count). The van der Waals surface area contributed by atoms with Crippen molar-refractivity contribution < 1.29 is 29.3 Å². The van der Waals surface area contributed by atoms with Crippen molar-refractivity contribution in [3.05, 3.63) is 59.7 Å². The molecule has 170 valence electrons. The fraction of sp³-hybridized carbons (Fsp3) is 0.375. The fourth-order valence-electron chi connectivity index (χ4n) is 3.79. The summed E-state index contributed by atoms with van der Waals surface area (Å²) in [5, 5.41) is 23.0. The number of nitrogens with one attached hydrogen (secondary N) is 2. The summed E-state index contributed by atoms with van der Waals surface area (Å²) in [5.41, 5.74) is 3.83. The van der Waals surface area contributed by atoms with E-state index in [0.717, 1.165) is 22.3 Å². The van der Waals surface area contributed by atoms with Crippen LogP contribution in [0.2, 0.25) is 0 Å². The van der Waals surface area contributed by atoms with Crippen molar-refractivity contribution in [1.82, 2.24) is 10.6 Å². The summed E-state index contributed by atoms with van der Waals surface area (Å²) in [6.45, 7) is 3.37. The maximum Gasteiger partial charge on any atom is 0.407 e. The Kier molecular flexibility index (Phi) is 7.15. The van der Waals surface area contributed by atoms with E-state index < -0.39 is 29.6 Å². The zero-order chi connectivity index (χ0) is 23.3. The van der Waals surface area contributed by atoms with Crippen LogP contribution in [0.15, 0.2) is 48.5 Å². The van der Waals surface area contributed by atoms with Crippen LogP contribution in [0, 0.1) is 0 Å². The number of carbonyl (C=O) groups excluding carboxylic acids is 2. The number of hydrogen-bond acceptors (Lipinski definition) is 5. The van der Waals surface area contributed by atoms with Gasteiger partial charge in [-0.25, -0.2) is 9.59 Å². The lowest BCUT2D eigenvalue weighted by Gasteiger charge is -2.26. The number of carboxylic acid groups (broad SMARTS) is 1. The Balaban J connectivity index is 1.50. The molecule has 2 aromatic carbocycles. The molecule has 2 amide bonds. The fourth-order valence-corrected chi connectivity index (χ4v) is 3.79. The second-order valence-corrected chi connectivity index (χ2v) is 8.49. The Morgan fingerprint density at radius 2 is 1.59 bits per heavy atom. The number of ether oxygens (including phenoxy) is 1. The van der Waals surface area contributed by atoms with E-state index in [4.69, 9.17) is 9.84 Å². The highest BCUT2D eigenvalue weighted by molar-refractivity contribution is 5.79. The van der Waals surface area contributed by atoms with Crippen LogP contribution in [0.1, 0.15) is 43.7 Å². The Labute approximate surface area is 186 Å². The molecule has 0 heterocycles. The molecule has 0 radical (unpaired) electrons. The van der Waals surface area contributed by atoms with Gasteiger partial charge in [0, 0.05) is 17.9 Å². The molecule has 1 atom stereocenters. The number of rotatable bonds is 9. The van der Waals surface area contributed by atoms with Crippen LogP contribution in [0.5, 0.6) is 0 Å². The standard InChI is InChI=1S/C24H28N2O6/c1-24(2,12-11-21(28)25-13-20(27)22(29)30)26-23(31)32-14-19-17-9-5-3-7-15(17)16-8-4-6-10-18(16)19/h3-10,19-20,27H,11-14H2,1-2H3,(H,25,28)(H,26,31)(H,29,30). The van der Waals surface area contributed by atoms with Crippen molar-refractivity contribution in [2.75, 3.05) is 13.2 Å². The van der Waals surface area contributed by atoms with Crippen LogP contribution in [0.4, 0.5) is 4.79 Å². The average molecular weight is 440 g/mol. The van der Waals surface area contributed by atoms with Gasteiger partial charge in [0.1, 0.15) is 6.61 Å². The first kappa shape index (κ1) is 23.3. The Bertz CT molecular complexity index is 958. The number of fused-ring (bicyclic) bond motifs is 3. The number of carboxylic acids is 1. The van der Waals surface area contributed by atoms with Gasteiger partial charge in [-0.05, 0) is 42.5 Å². The summed E-state index contributed by atoms with van der Waals surface area (Å²) in [5.74, 6) is -1.85. The van der Waals surface area contributed by atoms with E-state index in [-0.39, 0.29) is 25.5 Å². The number of aliphatic hydroxyl groups is 1. The number of benzene rings is 2. The van der Waals surface area contributed by atoms with Crippen molar-refractivity contribution in [3.8, 4) is 11.1 Å². The number of carbonyl (C=O) groups is 3. The molecule has 32 heavy (non-hydrogen) atoms. The molecule has 2 aromatic rings. The molecule has 1 aliphatic carbocycles. The van der Waals surface area contributed by atoms with Gasteiger partial charge in [0.05, 0.1) is 6.54 Å². The Morgan fingerprint density at radius 1 is 1.03 bits per heavy atom. The van der Waals surface area contributed by atoms with Crippen LogP contribution in [0.3, 0.4) is 0 Å². The number of hydrogen-bond donors (Lipinski definition) is 4. The average Bonchev–Trinajstić information content (AvgIpc) is 3.08. The molecule has 0 spiro atoms. The minimum Gasteiger partial charge on any atom is -0.479 e. The number of amides is 2. The predicted molar refractivity (Wildman–Crippen MR) is 118 cm³/mol. The van der Waals surface area contributed by atoms with Gasteiger partial charge in [-0.15, -0.1) is 0 Å². The van der Waals surface area contributed by atoms with E-state index in [2.05, 4.69) is 22.8 Å².